The van der Waals surface area contributed by atoms with Gasteiger partial charge in [0.05, 0.1) is 33.8 Å². The Bertz CT molecular complexity index is 957. The Morgan fingerprint density at radius 2 is 1.83 bits per heavy atom. The van der Waals surface area contributed by atoms with Crippen LogP contribution in [0.3, 0.4) is 0 Å². The van der Waals surface area contributed by atoms with Gasteiger partial charge in [-0.3, -0.25) is 9.69 Å². The van der Waals surface area contributed by atoms with Gasteiger partial charge in [0.25, 0.3) is 5.91 Å². The molecule has 3 heterocycles. The van der Waals surface area contributed by atoms with Gasteiger partial charge < -0.3 is 4.90 Å². The van der Waals surface area contributed by atoms with Crippen LogP contribution in [0, 0.1) is 0 Å². The first-order chi connectivity index (χ1) is 14.2. The van der Waals surface area contributed by atoms with Gasteiger partial charge in [0.1, 0.15) is 0 Å². The number of hydrogen-bond donors (Lipinski definition) is 0. The van der Waals surface area contributed by atoms with Gasteiger partial charge in [-0.1, -0.05) is 32.0 Å². The minimum atomic E-state index is 0.0885. The summed E-state index contributed by atoms with van der Waals surface area (Å²) in [5.74, 6) is 0.0885. The van der Waals surface area contributed by atoms with Crippen molar-refractivity contribution in [3.05, 3.63) is 63.9 Å². The fourth-order valence-corrected chi connectivity index (χ4v) is 4.51. The zero-order valence-corrected chi connectivity index (χ0v) is 17.9. The summed E-state index contributed by atoms with van der Waals surface area (Å²) in [6.45, 7) is 8.30. The van der Waals surface area contributed by atoms with Crippen molar-refractivity contribution in [1.29, 1.82) is 0 Å². The first-order valence-corrected chi connectivity index (χ1v) is 11.1. The summed E-state index contributed by atoms with van der Waals surface area (Å²) in [4.78, 5) is 22.2. The molecule has 0 saturated carbocycles. The smallest absolute Gasteiger partial charge is 0.257 e. The van der Waals surface area contributed by atoms with Crippen LogP contribution in [0.2, 0.25) is 0 Å². The molecular weight excluding hydrogens is 382 g/mol. The molecule has 1 fully saturated rings. The Hall–Kier alpha value is -2.51. The summed E-state index contributed by atoms with van der Waals surface area (Å²) in [5, 5.41) is 7.85. The summed E-state index contributed by atoms with van der Waals surface area (Å²) >= 11 is 1.73. The molecule has 7 heteroatoms. The molecule has 0 spiro atoms. The molecule has 0 bridgehead atoms. The third-order valence-electron chi connectivity index (χ3n) is 5.38. The van der Waals surface area contributed by atoms with Crippen molar-refractivity contribution in [3.63, 3.8) is 0 Å². The predicted octanol–water partition coefficient (Wildman–Crippen LogP) is 3.41. The number of para-hydroxylation sites is 1. The van der Waals surface area contributed by atoms with Crippen LogP contribution in [0.1, 0.15) is 40.6 Å². The molecular formula is C22H27N5OS. The van der Waals surface area contributed by atoms with E-state index in [1.54, 1.807) is 17.5 Å². The van der Waals surface area contributed by atoms with Gasteiger partial charge in [-0.2, -0.15) is 5.10 Å². The van der Waals surface area contributed by atoms with Gasteiger partial charge >= 0.3 is 0 Å². The minimum Gasteiger partial charge on any atom is -0.336 e. The second-order valence-electron chi connectivity index (χ2n) is 7.26. The molecule has 1 aliphatic rings. The molecule has 2 aromatic heterocycles. The lowest BCUT2D eigenvalue weighted by atomic mass is 10.1. The standard InChI is InChI=1S/C22H27N5OS/c1-3-20-19(14-23-27(20)18-8-6-5-7-9-18)22(28)26-12-10-25(11-13-26)15-17-16-29-21(4-2)24-17/h5-9,14,16H,3-4,10-13,15H2,1-2H3. The van der Waals surface area contributed by atoms with Crippen molar-refractivity contribution in [1.82, 2.24) is 24.6 Å². The van der Waals surface area contributed by atoms with Crippen LogP contribution in [0.15, 0.2) is 41.9 Å². The van der Waals surface area contributed by atoms with Gasteiger partial charge in [-0.25, -0.2) is 9.67 Å². The maximum Gasteiger partial charge on any atom is 0.257 e. The van der Waals surface area contributed by atoms with Gasteiger partial charge in [-0.05, 0) is 25.0 Å². The number of rotatable bonds is 6. The molecule has 1 aliphatic heterocycles. The second kappa shape index (κ2) is 8.88. The van der Waals surface area contributed by atoms with Crippen molar-refractivity contribution in [2.24, 2.45) is 0 Å². The van der Waals surface area contributed by atoms with E-state index in [1.807, 2.05) is 39.9 Å². The highest BCUT2D eigenvalue weighted by Crippen LogP contribution is 2.19. The Labute approximate surface area is 175 Å². The Kier molecular flexibility index (Phi) is 6.06. The number of benzene rings is 1. The molecule has 29 heavy (non-hydrogen) atoms. The predicted molar refractivity (Wildman–Crippen MR) is 116 cm³/mol. The van der Waals surface area contributed by atoms with Crippen molar-refractivity contribution in [2.75, 3.05) is 26.2 Å². The number of amides is 1. The molecule has 1 amide bonds. The fourth-order valence-electron chi connectivity index (χ4n) is 3.78. The van der Waals surface area contributed by atoms with E-state index in [9.17, 15) is 4.79 Å². The molecule has 3 aromatic rings. The van der Waals surface area contributed by atoms with E-state index in [0.717, 1.165) is 68.2 Å². The monoisotopic (exact) mass is 409 g/mol. The van der Waals surface area contributed by atoms with E-state index in [1.165, 1.54) is 5.01 Å². The van der Waals surface area contributed by atoms with Crippen LogP contribution in [-0.2, 0) is 19.4 Å². The number of carbonyl (C=O) groups excluding carboxylic acids is 1. The fraction of sp³-hybridized carbons (Fsp3) is 0.409. The second-order valence-corrected chi connectivity index (χ2v) is 8.20. The number of hydrogen-bond acceptors (Lipinski definition) is 5. The average Bonchev–Trinajstić information content (AvgIpc) is 3.41. The van der Waals surface area contributed by atoms with E-state index >= 15 is 0 Å². The van der Waals surface area contributed by atoms with Crippen molar-refractivity contribution < 1.29 is 4.79 Å². The molecule has 0 unspecified atom stereocenters. The molecule has 6 nitrogen and oxygen atoms in total. The largest absolute Gasteiger partial charge is 0.336 e. The van der Waals surface area contributed by atoms with E-state index in [4.69, 9.17) is 0 Å². The third kappa shape index (κ3) is 4.26. The molecule has 1 aromatic carbocycles. The number of aryl methyl sites for hydroxylation is 1. The lowest BCUT2D eigenvalue weighted by Gasteiger charge is -2.34. The maximum atomic E-state index is 13.2. The zero-order valence-electron chi connectivity index (χ0n) is 17.0. The first-order valence-electron chi connectivity index (χ1n) is 10.3. The summed E-state index contributed by atoms with van der Waals surface area (Å²) in [7, 11) is 0. The summed E-state index contributed by atoms with van der Waals surface area (Å²) in [6, 6.07) is 9.99. The lowest BCUT2D eigenvalue weighted by molar-refractivity contribution is 0.0626. The molecule has 0 aliphatic carbocycles. The number of thiazole rings is 1. The third-order valence-corrected chi connectivity index (χ3v) is 6.42. The quantitative estimate of drug-likeness (QED) is 0.626. The highest BCUT2D eigenvalue weighted by Gasteiger charge is 2.26. The van der Waals surface area contributed by atoms with E-state index in [-0.39, 0.29) is 5.91 Å². The van der Waals surface area contributed by atoms with Crippen molar-refractivity contribution >= 4 is 17.2 Å². The van der Waals surface area contributed by atoms with Crippen molar-refractivity contribution in [3.8, 4) is 5.69 Å². The Morgan fingerprint density at radius 1 is 1.07 bits per heavy atom. The Balaban J connectivity index is 1.41. The van der Waals surface area contributed by atoms with Crippen LogP contribution in [-0.4, -0.2) is 56.7 Å². The number of aromatic nitrogens is 3. The van der Waals surface area contributed by atoms with E-state index in [0.29, 0.717) is 0 Å². The van der Waals surface area contributed by atoms with Crippen LogP contribution < -0.4 is 0 Å². The van der Waals surface area contributed by atoms with Crippen LogP contribution in [0.4, 0.5) is 0 Å². The maximum absolute atomic E-state index is 13.2. The summed E-state index contributed by atoms with van der Waals surface area (Å²) in [6.07, 6.45) is 3.48. The molecule has 0 N–H and O–H groups in total. The van der Waals surface area contributed by atoms with E-state index < -0.39 is 0 Å². The van der Waals surface area contributed by atoms with Gasteiger partial charge in [-0.15, -0.1) is 11.3 Å². The van der Waals surface area contributed by atoms with Gasteiger partial charge in [0.2, 0.25) is 0 Å². The first kappa shape index (κ1) is 19.8. The molecule has 4 rings (SSSR count). The average molecular weight is 410 g/mol. The SMILES string of the molecule is CCc1nc(CN2CCN(C(=O)c3cnn(-c4ccccc4)c3CC)CC2)cs1. The van der Waals surface area contributed by atoms with Gasteiger partial charge in [0, 0.05) is 38.1 Å². The van der Waals surface area contributed by atoms with Crippen LogP contribution in [0.25, 0.3) is 5.69 Å². The van der Waals surface area contributed by atoms with E-state index in [2.05, 4.69) is 34.2 Å². The zero-order chi connectivity index (χ0) is 20.2. The summed E-state index contributed by atoms with van der Waals surface area (Å²) < 4.78 is 1.89. The number of nitrogens with zero attached hydrogens (tertiary/aromatic N) is 5. The van der Waals surface area contributed by atoms with Crippen molar-refractivity contribution in [2.45, 2.75) is 33.2 Å². The normalized spacial score (nSPS) is 15.0. The highest BCUT2D eigenvalue weighted by atomic mass is 32.1. The van der Waals surface area contributed by atoms with Gasteiger partial charge in [0.15, 0.2) is 0 Å². The minimum absolute atomic E-state index is 0.0885. The number of carbonyl (C=O) groups is 1. The molecule has 0 radical (unpaired) electrons. The topological polar surface area (TPSA) is 54.3 Å². The van der Waals surface area contributed by atoms with Crippen LogP contribution in [0.5, 0.6) is 0 Å². The lowest BCUT2D eigenvalue weighted by Crippen LogP contribution is -2.48. The highest BCUT2D eigenvalue weighted by molar-refractivity contribution is 7.09. The molecule has 0 atom stereocenters. The summed E-state index contributed by atoms with van der Waals surface area (Å²) in [5.41, 5.74) is 3.82. The number of piperazine rings is 1. The van der Waals surface area contributed by atoms with Crippen LogP contribution >= 0.6 is 11.3 Å². The molecule has 1 saturated heterocycles. The Morgan fingerprint density at radius 3 is 2.48 bits per heavy atom. The molecule has 152 valence electrons.